The number of furan rings is 1. The average Bonchev–Trinajstić information content (AvgIpc) is 3.15. The topological polar surface area (TPSA) is 72.1 Å². The van der Waals surface area contributed by atoms with Crippen LogP contribution < -0.4 is 10.6 Å². The second-order valence-corrected chi connectivity index (χ2v) is 6.32. The molecule has 0 aliphatic carbocycles. The standard InChI is InChI=1S/C15H20N4O2S/c1-19-9-8-17-15(19)22-10-12-2-3-13(21-12)14(20)18-11-4-6-16-7-5-11/h2-3,8-9,11,16H,4-7,10H2,1H3,(H,18,20). The van der Waals surface area contributed by atoms with Gasteiger partial charge in [-0.3, -0.25) is 4.79 Å². The molecule has 118 valence electrons. The van der Waals surface area contributed by atoms with E-state index in [1.54, 1.807) is 24.0 Å². The van der Waals surface area contributed by atoms with Crippen molar-refractivity contribution in [2.75, 3.05) is 13.1 Å². The number of carbonyl (C=O) groups is 1. The van der Waals surface area contributed by atoms with E-state index < -0.39 is 0 Å². The number of thioether (sulfide) groups is 1. The van der Waals surface area contributed by atoms with Crippen LogP contribution in [-0.2, 0) is 12.8 Å². The Morgan fingerprint density at radius 2 is 2.32 bits per heavy atom. The number of piperidine rings is 1. The van der Waals surface area contributed by atoms with E-state index in [1.165, 1.54) is 0 Å². The molecule has 0 spiro atoms. The minimum absolute atomic E-state index is 0.125. The fourth-order valence-corrected chi connectivity index (χ4v) is 3.25. The summed E-state index contributed by atoms with van der Waals surface area (Å²) in [6, 6.07) is 3.84. The molecule has 1 aliphatic rings. The molecule has 1 saturated heterocycles. The lowest BCUT2D eigenvalue weighted by Gasteiger charge is -2.23. The number of aromatic nitrogens is 2. The van der Waals surface area contributed by atoms with Gasteiger partial charge in [0, 0.05) is 25.5 Å². The highest BCUT2D eigenvalue weighted by molar-refractivity contribution is 7.98. The molecule has 2 N–H and O–H groups in total. The van der Waals surface area contributed by atoms with Gasteiger partial charge in [0.15, 0.2) is 10.9 Å². The number of rotatable bonds is 5. The highest BCUT2D eigenvalue weighted by Crippen LogP contribution is 2.22. The largest absolute Gasteiger partial charge is 0.455 e. The van der Waals surface area contributed by atoms with Crippen molar-refractivity contribution in [3.8, 4) is 0 Å². The maximum atomic E-state index is 12.2. The van der Waals surface area contributed by atoms with Crippen molar-refractivity contribution in [1.82, 2.24) is 20.2 Å². The lowest BCUT2D eigenvalue weighted by molar-refractivity contribution is 0.0900. The Morgan fingerprint density at radius 3 is 3.05 bits per heavy atom. The lowest BCUT2D eigenvalue weighted by atomic mass is 10.1. The molecule has 1 aliphatic heterocycles. The SMILES string of the molecule is Cn1ccnc1SCc1ccc(C(=O)NC2CCNCC2)o1. The van der Waals surface area contributed by atoms with E-state index in [4.69, 9.17) is 4.42 Å². The number of imidazole rings is 1. The van der Waals surface area contributed by atoms with Gasteiger partial charge in [-0.1, -0.05) is 11.8 Å². The zero-order valence-corrected chi connectivity index (χ0v) is 13.4. The quantitative estimate of drug-likeness (QED) is 0.822. The fourth-order valence-electron chi connectivity index (χ4n) is 2.43. The van der Waals surface area contributed by atoms with E-state index in [2.05, 4.69) is 15.6 Å². The third kappa shape index (κ3) is 3.72. The molecule has 0 unspecified atom stereocenters. The van der Waals surface area contributed by atoms with Gasteiger partial charge in [0.05, 0.1) is 5.75 Å². The van der Waals surface area contributed by atoms with Gasteiger partial charge in [0.1, 0.15) is 5.76 Å². The van der Waals surface area contributed by atoms with E-state index in [1.807, 2.05) is 23.9 Å². The van der Waals surface area contributed by atoms with E-state index >= 15 is 0 Å². The normalized spacial score (nSPS) is 15.9. The first-order valence-electron chi connectivity index (χ1n) is 7.43. The van der Waals surface area contributed by atoms with Crippen molar-refractivity contribution in [2.45, 2.75) is 29.8 Å². The van der Waals surface area contributed by atoms with Crippen LogP contribution in [-0.4, -0.2) is 34.6 Å². The maximum absolute atomic E-state index is 12.2. The molecule has 3 heterocycles. The van der Waals surface area contributed by atoms with Crippen LogP contribution >= 0.6 is 11.8 Å². The highest BCUT2D eigenvalue weighted by atomic mass is 32.2. The Bertz CT molecular complexity index is 631. The van der Waals surface area contributed by atoms with Crippen LogP contribution in [0.15, 0.2) is 34.1 Å². The van der Waals surface area contributed by atoms with Crippen LogP contribution in [0.5, 0.6) is 0 Å². The van der Waals surface area contributed by atoms with Gasteiger partial charge in [-0.2, -0.15) is 0 Å². The molecule has 2 aromatic heterocycles. The number of nitrogens with zero attached hydrogens (tertiary/aromatic N) is 2. The summed E-state index contributed by atoms with van der Waals surface area (Å²) in [5.74, 6) is 1.70. The smallest absolute Gasteiger partial charge is 0.287 e. The molecule has 1 amide bonds. The zero-order valence-electron chi connectivity index (χ0n) is 12.5. The maximum Gasteiger partial charge on any atom is 0.287 e. The number of amides is 1. The monoisotopic (exact) mass is 320 g/mol. The van der Waals surface area contributed by atoms with Crippen LogP contribution in [0.25, 0.3) is 0 Å². The van der Waals surface area contributed by atoms with E-state index in [9.17, 15) is 4.79 Å². The average molecular weight is 320 g/mol. The molecule has 0 saturated carbocycles. The van der Waals surface area contributed by atoms with Gasteiger partial charge < -0.3 is 19.6 Å². The van der Waals surface area contributed by atoms with Crippen LogP contribution in [0.2, 0.25) is 0 Å². The third-order valence-electron chi connectivity index (χ3n) is 3.68. The summed E-state index contributed by atoms with van der Waals surface area (Å²) < 4.78 is 7.60. The van der Waals surface area contributed by atoms with Gasteiger partial charge in [-0.25, -0.2) is 4.98 Å². The number of hydrogen-bond donors (Lipinski definition) is 2. The van der Waals surface area contributed by atoms with E-state index in [-0.39, 0.29) is 11.9 Å². The van der Waals surface area contributed by atoms with E-state index in [0.717, 1.165) is 36.8 Å². The van der Waals surface area contributed by atoms with Gasteiger partial charge in [0.2, 0.25) is 0 Å². The van der Waals surface area contributed by atoms with Gasteiger partial charge in [-0.15, -0.1) is 0 Å². The Hall–Kier alpha value is -1.73. The molecular formula is C15H20N4O2S. The molecule has 3 rings (SSSR count). The van der Waals surface area contributed by atoms with Crippen LogP contribution in [0.4, 0.5) is 0 Å². The molecule has 7 heteroatoms. The number of aryl methyl sites for hydroxylation is 1. The molecule has 0 radical (unpaired) electrons. The first-order valence-corrected chi connectivity index (χ1v) is 8.41. The second-order valence-electron chi connectivity index (χ2n) is 5.37. The van der Waals surface area contributed by atoms with Crippen molar-refractivity contribution in [1.29, 1.82) is 0 Å². The minimum atomic E-state index is -0.125. The van der Waals surface area contributed by atoms with Gasteiger partial charge >= 0.3 is 0 Å². The third-order valence-corrected chi connectivity index (χ3v) is 4.76. The minimum Gasteiger partial charge on any atom is -0.455 e. The lowest BCUT2D eigenvalue weighted by Crippen LogP contribution is -2.42. The molecule has 6 nitrogen and oxygen atoms in total. The summed E-state index contributed by atoms with van der Waals surface area (Å²) in [6.45, 7) is 1.91. The van der Waals surface area contributed by atoms with Crippen molar-refractivity contribution in [3.63, 3.8) is 0 Å². The van der Waals surface area contributed by atoms with Crippen LogP contribution in [0.1, 0.15) is 29.2 Å². The van der Waals surface area contributed by atoms with Crippen LogP contribution in [0, 0.1) is 0 Å². The molecule has 0 bridgehead atoms. The Balaban J connectivity index is 1.53. The predicted molar refractivity (Wildman–Crippen MR) is 84.8 cm³/mol. The summed E-state index contributed by atoms with van der Waals surface area (Å²) in [7, 11) is 1.95. The van der Waals surface area contributed by atoms with Crippen molar-refractivity contribution in [3.05, 3.63) is 36.0 Å². The summed E-state index contributed by atoms with van der Waals surface area (Å²) in [6.07, 6.45) is 5.60. The molecule has 2 aromatic rings. The fraction of sp³-hybridized carbons (Fsp3) is 0.467. The molecule has 1 fully saturated rings. The highest BCUT2D eigenvalue weighted by Gasteiger charge is 2.18. The van der Waals surface area contributed by atoms with Gasteiger partial charge in [-0.05, 0) is 38.1 Å². The Kier molecular flexibility index (Phi) is 4.84. The molecule has 0 aromatic carbocycles. The zero-order chi connectivity index (χ0) is 15.4. The first kappa shape index (κ1) is 15.2. The van der Waals surface area contributed by atoms with Crippen LogP contribution in [0.3, 0.4) is 0 Å². The molecule has 0 atom stereocenters. The summed E-state index contributed by atoms with van der Waals surface area (Å²) in [4.78, 5) is 16.4. The van der Waals surface area contributed by atoms with E-state index in [0.29, 0.717) is 11.5 Å². The van der Waals surface area contributed by atoms with Crippen molar-refractivity contribution < 1.29 is 9.21 Å². The number of hydrogen-bond acceptors (Lipinski definition) is 5. The Labute approximate surface area is 133 Å². The first-order chi connectivity index (χ1) is 10.7. The molecule has 22 heavy (non-hydrogen) atoms. The summed E-state index contributed by atoms with van der Waals surface area (Å²) in [5.41, 5.74) is 0. The number of carbonyl (C=O) groups excluding carboxylic acids is 1. The van der Waals surface area contributed by atoms with Crippen molar-refractivity contribution >= 4 is 17.7 Å². The summed E-state index contributed by atoms with van der Waals surface area (Å²) in [5, 5.41) is 7.24. The second kappa shape index (κ2) is 7.02. The van der Waals surface area contributed by atoms with Crippen molar-refractivity contribution in [2.24, 2.45) is 7.05 Å². The Morgan fingerprint density at radius 1 is 1.50 bits per heavy atom. The number of nitrogens with one attached hydrogen (secondary N) is 2. The van der Waals surface area contributed by atoms with Gasteiger partial charge in [0.25, 0.3) is 5.91 Å². The predicted octanol–water partition coefficient (Wildman–Crippen LogP) is 1.79. The summed E-state index contributed by atoms with van der Waals surface area (Å²) >= 11 is 1.59. The molecular weight excluding hydrogens is 300 g/mol.